The summed E-state index contributed by atoms with van der Waals surface area (Å²) in [7, 11) is 0. The molecule has 0 saturated heterocycles. The number of amides is 1. The first-order valence-corrected chi connectivity index (χ1v) is 4.30. The van der Waals surface area contributed by atoms with Crippen LogP contribution in [-0.2, 0) is 17.8 Å². The van der Waals surface area contributed by atoms with Crippen molar-refractivity contribution in [3.8, 4) is 0 Å². The number of aromatic nitrogens is 2. The van der Waals surface area contributed by atoms with Crippen molar-refractivity contribution in [3.05, 3.63) is 17.5 Å². The maximum Gasteiger partial charge on any atom is 0.236 e. The average Bonchev–Trinajstić information content (AvgIpc) is 2.63. The van der Waals surface area contributed by atoms with Gasteiger partial charge < -0.3 is 10.6 Å². The van der Waals surface area contributed by atoms with Crippen molar-refractivity contribution < 1.29 is 4.79 Å². The molecule has 0 atom stereocenters. The van der Waals surface area contributed by atoms with Crippen molar-refractivity contribution in [2.24, 2.45) is 5.73 Å². The van der Waals surface area contributed by atoms with Crippen LogP contribution in [0.2, 0.25) is 0 Å². The van der Waals surface area contributed by atoms with Gasteiger partial charge in [0.1, 0.15) is 0 Å². The molecule has 3 N–H and O–H groups in total. The van der Waals surface area contributed by atoms with E-state index >= 15 is 0 Å². The number of nitrogens with two attached hydrogens (primary N) is 1. The van der Waals surface area contributed by atoms with Crippen molar-refractivity contribution in [2.45, 2.75) is 13.0 Å². The van der Waals surface area contributed by atoms with Gasteiger partial charge in [-0.2, -0.15) is 5.10 Å². The van der Waals surface area contributed by atoms with Gasteiger partial charge >= 0.3 is 0 Å². The number of hydrogen-bond donors (Lipinski definition) is 2. The van der Waals surface area contributed by atoms with E-state index in [1.807, 2.05) is 0 Å². The fourth-order valence-corrected chi connectivity index (χ4v) is 1.56. The van der Waals surface area contributed by atoms with Crippen LogP contribution in [0, 0.1) is 0 Å². The second-order valence-electron chi connectivity index (χ2n) is 3.14. The van der Waals surface area contributed by atoms with E-state index in [0.29, 0.717) is 6.54 Å². The average molecular weight is 180 g/mol. The van der Waals surface area contributed by atoms with E-state index in [2.05, 4.69) is 10.2 Å². The third kappa shape index (κ3) is 1.42. The zero-order valence-electron chi connectivity index (χ0n) is 7.29. The van der Waals surface area contributed by atoms with Gasteiger partial charge in [0, 0.05) is 30.8 Å². The van der Waals surface area contributed by atoms with E-state index in [4.69, 9.17) is 5.73 Å². The molecule has 1 aromatic heterocycles. The van der Waals surface area contributed by atoms with Gasteiger partial charge in [-0.05, 0) is 0 Å². The van der Waals surface area contributed by atoms with Crippen molar-refractivity contribution >= 4 is 5.91 Å². The minimum atomic E-state index is 0.00634. The quantitative estimate of drug-likeness (QED) is 0.597. The second kappa shape index (κ2) is 3.18. The number of hydrogen-bond acceptors (Lipinski definition) is 3. The summed E-state index contributed by atoms with van der Waals surface area (Å²) < 4.78 is 0. The molecule has 0 fully saturated rings. The van der Waals surface area contributed by atoms with Crippen molar-refractivity contribution in [1.29, 1.82) is 0 Å². The van der Waals surface area contributed by atoms with Crippen LogP contribution in [0.1, 0.15) is 11.3 Å². The lowest BCUT2D eigenvalue weighted by molar-refractivity contribution is -0.130. The van der Waals surface area contributed by atoms with Gasteiger partial charge in [-0.3, -0.25) is 9.89 Å². The van der Waals surface area contributed by atoms with Gasteiger partial charge in [0.05, 0.1) is 12.7 Å². The Morgan fingerprint density at radius 3 is 3.38 bits per heavy atom. The summed E-state index contributed by atoms with van der Waals surface area (Å²) in [5.41, 5.74) is 7.53. The smallest absolute Gasteiger partial charge is 0.236 e. The van der Waals surface area contributed by atoms with Crippen LogP contribution in [0.5, 0.6) is 0 Å². The molecule has 1 aromatic rings. The third-order valence-corrected chi connectivity index (χ3v) is 2.33. The number of carbonyl (C=O) groups is 1. The van der Waals surface area contributed by atoms with E-state index in [1.165, 1.54) is 0 Å². The number of rotatable bonds is 1. The molecule has 2 heterocycles. The summed E-state index contributed by atoms with van der Waals surface area (Å²) in [6, 6.07) is 0. The van der Waals surface area contributed by atoms with Crippen LogP contribution in [0.3, 0.4) is 0 Å². The van der Waals surface area contributed by atoms with Crippen LogP contribution in [-0.4, -0.2) is 34.1 Å². The predicted molar refractivity (Wildman–Crippen MR) is 46.8 cm³/mol. The largest absolute Gasteiger partial charge is 0.337 e. The maximum atomic E-state index is 11.3. The predicted octanol–water partition coefficient (Wildman–Crippen LogP) is -0.747. The molecule has 70 valence electrons. The number of nitrogens with one attached hydrogen (secondary N) is 1. The van der Waals surface area contributed by atoms with Gasteiger partial charge in [-0.15, -0.1) is 0 Å². The van der Waals surface area contributed by atoms with E-state index in [9.17, 15) is 4.79 Å². The molecule has 1 aliphatic heterocycles. The first-order valence-electron chi connectivity index (χ1n) is 4.30. The molecule has 2 rings (SSSR count). The summed E-state index contributed by atoms with van der Waals surface area (Å²) in [6.45, 7) is 1.47. The SMILES string of the molecule is NCC(=O)N1CCc2[nH]ncc2C1. The van der Waals surface area contributed by atoms with Crippen molar-refractivity contribution in [1.82, 2.24) is 15.1 Å². The highest BCUT2D eigenvalue weighted by atomic mass is 16.2. The lowest BCUT2D eigenvalue weighted by Crippen LogP contribution is -2.39. The molecule has 0 radical (unpaired) electrons. The van der Waals surface area contributed by atoms with Crippen molar-refractivity contribution in [3.63, 3.8) is 0 Å². The van der Waals surface area contributed by atoms with E-state index < -0.39 is 0 Å². The first kappa shape index (κ1) is 8.25. The first-order chi connectivity index (χ1) is 6.31. The summed E-state index contributed by atoms with van der Waals surface area (Å²) in [5.74, 6) is 0.00634. The molecule has 5 heteroatoms. The lowest BCUT2D eigenvalue weighted by atomic mass is 10.1. The lowest BCUT2D eigenvalue weighted by Gasteiger charge is -2.25. The molecule has 1 aliphatic rings. The topological polar surface area (TPSA) is 75.0 Å². The van der Waals surface area contributed by atoms with Gasteiger partial charge in [0.15, 0.2) is 0 Å². The Labute approximate surface area is 75.9 Å². The zero-order valence-corrected chi connectivity index (χ0v) is 7.29. The van der Waals surface area contributed by atoms with E-state index in [-0.39, 0.29) is 12.5 Å². The molecule has 0 spiro atoms. The second-order valence-corrected chi connectivity index (χ2v) is 3.14. The standard InChI is InChI=1S/C8H12N4O/c9-3-8(13)12-2-1-7-6(5-12)4-10-11-7/h4H,1-3,5,9H2,(H,10,11). The Bertz CT molecular complexity index is 320. The maximum absolute atomic E-state index is 11.3. The third-order valence-electron chi connectivity index (χ3n) is 2.33. The van der Waals surface area contributed by atoms with Crippen LogP contribution >= 0.6 is 0 Å². The number of H-pyrrole nitrogens is 1. The highest BCUT2D eigenvalue weighted by Gasteiger charge is 2.20. The summed E-state index contributed by atoms with van der Waals surface area (Å²) in [5, 5.41) is 6.85. The van der Waals surface area contributed by atoms with Crippen LogP contribution in [0.15, 0.2) is 6.20 Å². The molecule has 1 amide bonds. The molecule has 13 heavy (non-hydrogen) atoms. The Morgan fingerprint density at radius 1 is 1.77 bits per heavy atom. The minimum absolute atomic E-state index is 0.00634. The monoisotopic (exact) mass is 180 g/mol. The number of aromatic amines is 1. The number of fused-ring (bicyclic) bond motifs is 1. The highest BCUT2D eigenvalue weighted by molar-refractivity contribution is 5.78. The normalized spacial score (nSPS) is 15.6. The minimum Gasteiger partial charge on any atom is -0.337 e. The molecule has 0 bridgehead atoms. The van der Waals surface area contributed by atoms with E-state index in [1.54, 1.807) is 11.1 Å². The van der Waals surface area contributed by atoms with Crippen LogP contribution < -0.4 is 5.73 Å². The van der Waals surface area contributed by atoms with Gasteiger partial charge in [-0.1, -0.05) is 0 Å². The summed E-state index contributed by atoms with van der Waals surface area (Å²) in [6.07, 6.45) is 2.62. The molecule has 5 nitrogen and oxygen atoms in total. The van der Waals surface area contributed by atoms with Gasteiger partial charge in [0.25, 0.3) is 0 Å². The molecule has 0 aliphatic carbocycles. The molecular weight excluding hydrogens is 168 g/mol. The van der Waals surface area contributed by atoms with Gasteiger partial charge in [-0.25, -0.2) is 0 Å². The molecule has 0 saturated carbocycles. The fraction of sp³-hybridized carbons (Fsp3) is 0.500. The molecule has 0 unspecified atom stereocenters. The Kier molecular flexibility index (Phi) is 2.02. The van der Waals surface area contributed by atoms with E-state index in [0.717, 1.165) is 24.2 Å². The Morgan fingerprint density at radius 2 is 2.62 bits per heavy atom. The number of nitrogens with zero attached hydrogens (tertiary/aromatic N) is 2. The number of carbonyl (C=O) groups excluding carboxylic acids is 1. The fourth-order valence-electron chi connectivity index (χ4n) is 1.56. The highest BCUT2D eigenvalue weighted by Crippen LogP contribution is 2.15. The molecule has 0 aromatic carbocycles. The Balaban J connectivity index is 2.13. The van der Waals surface area contributed by atoms with Crippen molar-refractivity contribution in [2.75, 3.05) is 13.1 Å². The summed E-state index contributed by atoms with van der Waals surface area (Å²) >= 11 is 0. The van der Waals surface area contributed by atoms with Crippen LogP contribution in [0.4, 0.5) is 0 Å². The van der Waals surface area contributed by atoms with Crippen LogP contribution in [0.25, 0.3) is 0 Å². The summed E-state index contributed by atoms with van der Waals surface area (Å²) in [4.78, 5) is 13.0. The Hall–Kier alpha value is -1.36. The zero-order chi connectivity index (χ0) is 9.26. The molecular formula is C8H12N4O. The van der Waals surface area contributed by atoms with Gasteiger partial charge in [0.2, 0.25) is 5.91 Å².